The van der Waals surface area contributed by atoms with Crippen molar-refractivity contribution in [2.45, 2.75) is 11.8 Å². The topological polar surface area (TPSA) is 72.2 Å². The molecule has 1 amide bonds. The number of para-hydroxylation sites is 1. The fourth-order valence-electron chi connectivity index (χ4n) is 2.05. The highest BCUT2D eigenvalue weighted by Crippen LogP contribution is 2.26. The highest BCUT2D eigenvalue weighted by Gasteiger charge is 2.15. The third kappa shape index (κ3) is 3.40. The SMILES string of the molecule is Cc1ccc(-c2nc(C(=O)Nc3ccccc3[S@](C)=O)cs2)o1. The summed E-state index contributed by atoms with van der Waals surface area (Å²) in [6.45, 7) is 1.85. The Kier molecular flexibility index (Phi) is 4.40. The second-order valence-corrected chi connectivity index (χ2v) is 7.06. The smallest absolute Gasteiger partial charge is 0.275 e. The number of hydrogen-bond donors (Lipinski definition) is 1. The van der Waals surface area contributed by atoms with Crippen molar-refractivity contribution in [3.05, 3.63) is 53.2 Å². The van der Waals surface area contributed by atoms with Crippen LogP contribution in [0.3, 0.4) is 0 Å². The van der Waals surface area contributed by atoms with Crippen molar-refractivity contribution in [3.63, 3.8) is 0 Å². The number of nitrogens with one attached hydrogen (secondary N) is 1. The van der Waals surface area contributed by atoms with Gasteiger partial charge in [-0.2, -0.15) is 0 Å². The van der Waals surface area contributed by atoms with Crippen molar-refractivity contribution in [2.24, 2.45) is 0 Å². The highest BCUT2D eigenvalue weighted by atomic mass is 32.2. The highest BCUT2D eigenvalue weighted by molar-refractivity contribution is 7.84. The lowest BCUT2D eigenvalue weighted by atomic mass is 10.3. The molecule has 23 heavy (non-hydrogen) atoms. The van der Waals surface area contributed by atoms with Crippen LogP contribution in [0.15, 0.2) is 51.1 Å². The van der Waals surface area contributed by atoms with Gasteiger partial charge in [-0.1, -0.05) is 12.1 Å². The standard InChI is InChI=1S/C16H14N2O3S2/c1-10-7-8-13(21-10)16-18-12(9-22-16)15(19)17-11-5-3-4-6-14(11)23(2)20/h3-9H,1-2H3,(H,17,19)/t23-/m0/s1. The normalized spacial score (nSPS) is 12.1. The first-order valence-corrected chi connectivity index (χ1v) is 9.24. The Bertz CT molecular complexity index is 883. The molecule has 1 N–H and O–H groups in total. The summed E-state index contributed by atoms with van der Waals surface area (Å²) in [4.78, 5) is 17.2. The van der Waals surface area contributed by atoms with Gasteiger partial charge >= 0.3 is 0 Å². The average molecular weight is 346 g/mol. The number of rotatable bonds is 4. The number of amides is 1. The van der Waals surface area contributed by atoms with Gasteiger partial charge in [0.15, 0.2) is 10.8 Å². The van der Waals surface area contributed by atoms with Crippen LogP contribution in [0, 0.1) is 6.92 Å². The maximum absolute atomic E-state index is 12.3. The second-order valence-electron chi connectivity index (χ2n) is 4.85. The number of carbonyl (C=O) groups is 1. The molecular weight excluding hydrogens is 332 g/mol. The van der Waals surface area contributed by atoms with Gasteiger partial charge in [0.2, 0.25) is 0 Å². The van der Waals surface area contributed by atoms with Crippen LogP contribution in [-0.4, -0.2) is 21.4 Å². The summed E-state index contributed by atoms with van der Waals surface area (Å²) < 4.78 is 17.2. The van der Waals surface area contributed by atoms with Crippen LogP contribution < -0.4 is 5.32 Å². The largest absolute Gasteiger partial charge is 0.459 e. The zero-order valence-corrected chi connectivity index (χ0v) is 14.2. The predicted molar refractivity (Wildman–Crippen MR) is 91.3 cm³/mol. The van der Waals surface area contributed by atoms with Crippen molar-refractivity contribution in [1.29, 1.82) is 0 Å². The lowest BCUT2D eigenvalue weighted by Gasteiger charge is -2.07. The monoisotopic (exact) mass is 346 g/mol. The average Bonchev–Trinajstić information content (AvgIpc) is 3.16. The van der Waals surface area contributed by atoms with Crippen molar-refractivity contribution in [2.75, 3.05) is 11.6 Å². The summed E-state index contributed by atoms with van der Waals surface area (Å²) in [5.74, 6) is 1.09. The minimum Gasteiger partial charge on any atom is -0.459 e. The summed E-state index contributed by atoms with van der Waals surface area (Å²) in [5.41, 5.74) is 0.831. The van der Waals surface area contributed by atoms with Gasteiger partial charge in [0.05, 0.1) is 21.4 Å². The van der Waals surface area contributed by atoms with Crippen LogP contribution in [0.4, 0.5) is 5.69 Å². The van der Waals surface area contributed by atoms with E-state index in [0.717, 1.165) is 5.76 Å². The van der Waals surface area contributed by atoms with E-state index in [1.807, 2.05) is 19.1 Å². The number of carbonyl (C=O) groups excluding carboxylic acids is 1. The lowest BCUT2D eigenvalue weighted by molar-refractivity contribution is 0.102. The molecule has 2 aromatic heterocycles. The Morgan fingerprint density at radius 1 is 1.26 bits per heavy atom. The molecule has 118 valence electrons. The maximum Gasteiger partial charge on any atom is 0.275 e. The molecule has 2 heterocycles. The van der Waals surface area contributed by atoms with Gasteiger partial charge in [-0.3, -0.25) is 9.00 Å². The molecule has 3 rings (SSSR count). The van der Waals surface area contributed by atoms with Crippen molar-refractivity contribution in [1.82, 2.24) is 4.98 Å². The molecule has 5 nitrogen and oxygen atoms in total. The van der Waals surface area contributed by atoms with Crippen LogP contribution in [0.5, 0.6) is 0 Å². The number of aromatic nitrogens is 1. The fraction of sp³-hybridized carbons (Fsp3) is 0.125. The molecule has 1 aromatic carbocycles. The summed E-state index contributed by atoms with van der Waals surface area (Å²) in [5, 5.41) is 5.08. The minimum atomic E-state index is -1.18. The Morgan fingerprint density at radius 2 is 2.04 bits per heavy atom. The molecule has 0 unspecified atom stereocenters. The quantitative estimate of drug-likeness (QED) is 0.782. The first kappa shape index (κ1) is 15.6. The molecular formula is C16H14N2O3S2. The number of aryl methyl sites for hydroxylation is 1. The maximum atomic E-state index is 12.3. The summed E-state index contributed by atoms with van der Waals surface area (Å²) in [7, 11) is -1.18. The zero-order valence-electron chi connectivity index (χ0n) is 12.5. The number of benzene rings is 1. The van der Waals surface area contributed by atoms with Gasteiger partial charge in [-0.05, 0) is 31.2 Å². The van der Waals surface area contributed by atoms with E-state index in [0.29, 0.717) is 27.0 Å². The van der Waals surface area contributed by atoms with E-state index in [-0.39, 0.29) is 5.91 Å². The minimum absolute atomic E-state index is 0.302. The number of thiazole rings is 1. The van der Waals surface area contributed by atoms with E-state index in [9.17, 15) is 9.00 Å². The molecule has 0 fully saturated rings. The van der Waals surface area contributed by atoms with Crippen LogP contribution >= 0.6 is 11.3 Å². The third-order valence-electron chi connectivity index (χ3n) is 3.13. The summed E-state index contributed by atoms with van der Waals surface area (Å²) in [6, 6.07) is 10.7. The van der Waals surface area contributed by atoms with Crippen LogP contribution in [-0.2, 0) is 10.8 Å². The van der Waals surface area contributed by atoms with Crippen molar-refractivity contribution >= 4 is 33.7 Å². The van der Waals surface area contributed by atoms with Gasteiger partial charge < -0.3 is 9.73 Å². The van der Waals surface area contributed by atoms with E-state index >= 15 is 0 Å². The molecule has 0 aliphatic rings. The molecule has 0 saturated heterocycles. The lowest BCUT2D eigenvalue weighted by Crippen LogP contribution is -2.13. The van der Waals surface area contributed by atoms with E-state index in [1.165, 1.54) is 11.3 Å². The van der Waals surface area contributed by atoms with E-state index in [2.05, 4.69) is 10.3 Å². The van der Waals surface area contributed by atoms with Crippen molar-refractivity contribution in [3.8, 4) is 10.8 Å². The predicted octanol–water partition coefficient (Wildman–Crippen LogP) is 3.70. The van der Waals surface area contributed by atoms with Crippen LogP contribution in [0.2, 0.25) is 0 Å². The number of anilines is 1. The van der Waals surface area contributed by atoms with Crippen LogP contribution in [0.1, 0.15) is 16.2 Å². The van der Waals surface area contributed by atoms with Gasteiger partial charge in [-0.25, -0.2) is 4.98 Å². The molecule has 0 aliphatic carbocycles. The molecule has 0 aliphatic heterocycles. The zero-order chi connectivity index (χ0) is 16.4. The molecule has 1 atom stereocenters. The molecule has 0 radical (unpaired) electrons. The Balaban J connectivity index is 1.82. The first-order chi connectivity index (χ1) is 11.0. The number of hydrogen-bond acceptors (Lipinski definition) is 5. The summed E-state index contributed by atoms with van der Waals surface area (Å²) in [6.07, 6.45) is 1.57. The molecule has 0 spiro atoms. The number of nitrogens with zero attached hydrogens (tertiary/aromatic N) is 1. The molecule has 3 aromatic rings. The third-order valence-corrected chi connectivity index (χ3v) is 4.97. The number of furan rings is 1. The fourth-order valence-corrected chi connectivity index (χ4v) is 3.51. The van der Waals surface area contributed by atoms with Crippen LogP contribution in [0.25, 0.3) is 10.8 Å². The van der Waals surface area contributed by atoms with Gasteiger partial charge in [0.25, 0.3) is 5.91 Å². The van der Waals surface area contributed by atoms with Gasteiger partial charge in [0, 0.05) is 11.6 Å². The Hall–Kier alpha value is -2.25. The van der Waals surface area contributed by atoms with Crippen molar-refractivity contribution < 1.29 is 13.4 Å². The first-order valence-electron chi connectivity index (χ1n) is 6.81. The Morgan fingerprint density at radius 3 is 2.74 bits per heavy atom. The second kappa shape index (κ2) is 6.47. The van der Waals surface area contributed by atoms with Gasteiger partial charge in [0.1, 0.15) is 11.5 Å². The van der Waals surface area contributed by atoms with E-state index in [4.69, 9.17) is 4.42 Å². The van der Waals surface area contributed by atoms with E-state index < -0.39 is 10.8 Å². The Labute approximate surface area is 139 Å². The summed E-state index contributed by atoms with van der Waals surface area (Å²) >= 11 is 1.34. The van der Waals surface area contributed by atoms with E-state index in [1.54, 1.807) is 35.9 Å². The molecule has 0 saturated carbocycles. The van der Waals surface area contributed by atoms with Gasteiger partial charge in [-0.15, -0.1) is 11.3 Å². The molecule has 0 bridgehead atoms. The molecule has 7 heteroatoms.